The number of carbonyl (C=O) groups is 2. The van der Waals surface area contributed by atoms with E-state index in [-0.39, 0.29) is 35.7 Å². The highest BCUT2D eigenvalue weighted by atomic mass is 35.5. The van der Waals surface area contributed by atoms with E-state index in [2.05, 4.69) is 46.5 Å². The molecule has 2 amide bonds. The van der Waals surface area contributed by atoms with Gasteiger partial charge in [-0.25, -0.2) is 15.0 Å². The third-order valence-corrected chi connectivity index (χ3v) is 9.97. The maximum absolute atomic E-state index is 12.7. The second-order valence-corrected chi connectivity index (χ2v) is 14.4. The minimum Gasteiger partial charge on any atom is -0.367 e. The highest BCUT2D eigenvalue weighted by molar-refractivity contribution is 7.98. The quantitative estimate of drug-likeness (QED) is 0.0545. The lowest BCUT2D eigenvalue weighted by molar-refractivity contribution is -0.137. The molecule has 0 aliphatic rings. The SMILES string of the molecule is Cc1cc(CSc2ccccc2C(=O)NCCNc2ncc(C(F)(F)F)cc2Cl)on1.Cc1cc(CSc2ccccc2C(=O)NCCNc2ncccn2)on1. The average Bonchev–Trinajstić information content (AvgIpc) is 3.84. The van der Waals surface area contributed by atoms with Crippen LogP contribution in [0.15, 0.2) is 110 Å². The Hall–Kier alpha value is -5.59. The molecule has 6 rings (SSSR count). The van der Waals surface area contributed by atoms with Crippen LogP contribution in [-0.4, -0.2) is 63.3 Å². The summed E-state index contributed by atoms with van der Waals surface area (Å²) in [4.78, 5) is 38.6. The molecule has 298 valence electrons. The van der Waals surface area contributed by atoms with Gasteiger partial charge in [0, 0.05) is 66.7 Å². The average molecular weight is 840 g/mol. The van der Waals surface area contributed by atoms with Crippen LogP contribution in [0.5, 0.6) is 0 Å². The first-order chi connectivity index (χ1) is 27.5. The number of aryl methyl sites for hydroxylation is 2. The number of thioether (sulfide) groups is 2. The maximum Gasteiger partial charge on any atom is 0.417 e. The number of nitrogens with zero attached hydrogens (tertiary/aromatic N) is 5. The van der Waals surface area contributed by atoms with E-state index in [0.717, 1.165) is 33.0 Å². The van der Waals surface area contributed by atoms with E-state index in [1.807, 2.05) is 62.4 Å². The van der Waals surface area contributed by atoms with Crippen LogP contribution in [0.25, 0.3) is 0 Å². The Morgan fingerprint density at radius 2 is 1.21 bits per heavy atom. The van der Waals surface area contributed by atoms with Gasteiger partial charge in [0.25, 0.3) is 11.8 Å². The Labute approximate surface area is 339 Å². The van der Waals surface area contributed by atoms with Crippen LogP contribution < -0.4 is 21.3 Å². The van der Waals surface area contributed by atoms with Crippen molar-refractivity contribution in [3.05, 3.63) is 136 Å². The second-order valence-electron chi connectivity index (χ2n) is 11.9. The number of pyridine rings is 1. The number of aromatic nitrogens is 5. The number of nitrogens with one attached hydrogen (secondary N) is 4. The highest BCUT2D eigenvalue weighted by Gasteiger charge is 2.31. The Kier molecular flexibility index (Phi) is 15.7. The van der Waals surface area contributed by atoms with Gasteiger partial charge in [0.2, 0.25) is 5.95 Å². The third-order valence-electron chi connectivity index (χ3n) is 7.49. The largest absolute Gasteiger partial charge is 0.417 e. The van der Waals surface area contributed by atoms with Crippen LogP contribution in [0.3, 0.4) is 0 Å². The molecule has 4 N–H and O–H groups in total. The summed E-state index contributed by atoms with van der Waals surface area (Å²) in [6.45, 7) is 5.18. The van der Waals surface area contributed by atoms with Gasteiger partial charge in [-0.3, -0.25) is 9.59 Å². The molecule has 0 aliphatic carbocycles. The molecule has 19 heteroatoms. The Morgan fingerprint density at radius 1 is 0.702 bits per heavy atom. The maximum atomic E-state index is 12.7. The fourth-order valence-corrected chi connectivity index (χ4v) is 6.92. The van der Waals surface area contributed by atoms with E-state index in [0.29, 0.717) is 53.6 Å². The number of hydrogen-bond donors (Lipinski definition) is 4. The Balaban J connectivity index is 0.000000221. The lowest BCUT2D eigenvalue weighted by Gasteiger charge is -2.12. The van der Waals surface area contributed by atoms with Gasteiger partial charge in [0.1, 0.15) is 17.3 Å². The lowest BCUT2D eigenvalue weighted by Crippen LogP contribution is -2.29. The fraction of sp³-hybridized carbons (Fsp3) is 0.237. The minimum absolute atomic E-state index is 0.113. The topological polar surface area (TPSA) is 173 Å². The summed E-state index contributed by atoms with van der Waals surface area (Å²) in [5, 5.41) is 19.1. The van der Waals surface area contributed by atoms with Crippen molar-refractivity contribution in [2.45, 2.75) is 41.3 Å². The molecule has 6 aromatic rings. The molecule has 0 bridgehead atoms. The van der Waals surface area contributed by atoms with Crippen LogP contribution in [0.4, 0.5) is 24.9 Å². The first-order valence-electron chi connectivity index (χ1n) is 17.3. The van der Waals surface area contributed by atoms with E-state index in [1.165, 1.54) is 11.8 Å². The third kappa shape index (κ3) is 13.5. The van der Waals surface area contributed by atoms with Crippen LogP contribution >= 0.6 is 35.1 Å². The molecule has 0 spiro atoms. The van der Waals surface area contributed by atoms with E-state index in [9.17, 15) is 22.8 Å². The standard InChI is InChI=1S/C20H18ClF3N4O2S.C18H19N5O2S/c1-12-8-14(30-28-12)11-31-17-5-3-2-4-15(17)19(29)26-7-6-25-18-16(21)9-13(10-27-18)20(22,23)24;1-13-11-14(25-23-13)12-26-16-6-3-2-5-15(16)17(24)19-9-10-22-18-20-7-4-8-21-18/h2-5,8-10H,6-7,11H2,1H3,(H,25,27)(H,26,29);2-8,11H,9-10,12H2,1H3,(H,19,24)(H,20,21,22). The van der Waals surface area contributed by atoms with Gasteiger partial charge in [-0.05, 0) is 50.2 Å². The van der Waals surface area contributed by atoms with Gasteiger partial charge >= 0.3 is 6.18 Å². The van der Waals surface area contributed by atoms with Crippen LogP contribution in [-0.2, 0) is 17.7 Å². The minimum atomic E-state index is -4.51. The zero-order valence-corrected chi connectivity index (χ0v) is 33.0. The monoisotopic (exact) mass is 839 g/mol. The van der Waals surface area contributed by atoms with Crippen molar-refractivity contribution < 1.29 is 31.8 Å². The molecule has 4 heterocycles. The molecule has 2 aromatic carbocycles. The molecule has 0 atom stereocenters. The van der Waals surface area contributed by atoms with Crippen molar-refractivity contribution >= 4 is 58.7 Å². The predicted octanol–water partition coefficient (Wildman–Crippen LogP) is 8.09. The lowest BCUT2D eigenvalue weighted by atomic mass is 10.2. The molecule has 0 saturated carbocycles. The Bertz CT molecular complexity index is 2230. The van der Waals surface area contributed by atoms with Crippen molar-refractivity contribution in [3.63, 3.8) is 0 Å². The first kappa shape index (κ1) is 42.6. The number of carbonyl (C=O) groups excluding carboxylic acids is 2. The van der Waals surface area contributed by atoms with E-state index in [1.54, 1.807) is 42.4 Å². The number of anilines is 2. The van der Waals surface area contributed by atoms with E-state index < -0.39 is 11.7 Å². The number of amides is 2. The summed E-state index contributed by atoms with van der Waals surface area (Å²) in [6.07, 6.45) is -0.480. The molecule has 13 nitrogen and oxygen atoms in total. The van der Waals surface area contributed by atoms with Crippen molar-refractivity contribution in [1.82, 2.24) is 35.9 Å². The fourth-order valence-electron chi connectivity index (χ4n) is 4.84. The second kappa shape index (κ2) is 21.1. The number of rotatable bonds is 16. The van der Waals surface area contributed by atoms with Gasteiger partial charge in [-0.2, -0.15) is 13.2 Å². The predicted molar refractivity (Wildman–Crippen MR) is 212 cm³/mol. The summed E-state index contributed by atoms with van der Waals surface area (Å²) in [5.41, 5.74) is 1.86. The van der Waals surface area contributed by atoms with Crippen LogP contribution in [0.2, 0.25) is 5.02 Å². The number of alkyl halides is 3. The molecule has 0 saturated heterocycles. The summed E-state index contributed by atoms with van der Waals surface area (Å²) >= 11 is 8.85. The van der Waals surface area contributed by atoms with Crippen LogP contribution in [0, 0.1) is 13.8 Å². The molecule has 0 fully saturated rings. The molecule has 57 heavy (non-hydrogen) atoms. The van der Waals surface area contributed by atoms with Crippen molar-refractivity contribution in [1.29, 1.82) is 0 Å². The van der Waals surface area contributed by atoms with Gasteiger partial charge in [-0.1, -0.05) is 46.2 Å². The molecule has 0 unspecified atom stereocenters. The highest BCUT2D eigenvalue weighted by Crippen LogP contribution is 2.32. The zero-order chi connectivity index (χ0) is 40.6. The van der Waals surface area contributed by atoms with Crippen molar-refractivity contribution in [2.75, 3.05) is 36.8 Å². The number of halogens is 4. The van der Waals surface area contributed by atoms with E-state index >= 15 is 0 Å². The molecular weight excluding hydrogens is 803 g/mol. The summed E-state index contributed by atoms with van der Waals surface area (Å²) in [5.74, 6) is 2.92. The molecule has 0 radical (unpaired) electrons. The molecule has 0 aliphatic heterocycles. The molecular formula is C38H37ClF3N9O4S2. The summed E-state index contributed by atoms with van der Waals surface area (Å²) < 4.78 is 48.4. The summed E-state index contributed by atoms with van der Waals surface area (Å²) in [7, 11) is 0. The van der Waals surface area contributed by atoms with Gasteiger partial charge < -0.3 is 30.3 Å². The number of benzene rings is 2. The van der Waals surface area contributed by atoms with Crippen LogP contribution in [0.1, 0.15) is 49.2 Å². The van der Waals surface area contributed by atoms with Gasteiger partial charge in [0.05, 0.1) is 44.6 Å². The van der Waals surface area contributed by atoms with Crippen molar-refractivity contribution in [2.24, 2.45) is 0 Å². The molecule has 4 aromatic heterocycles. The van der Waals surface area contributed by atoms with Gasteiger partial charge in [-0.15, -0.1) is 23.5 Å². The first-order valence-corrected chi connectivity index (χ1v) is 19.6. The zero-order valence-electron chi connectivity index (χ0n) is 30.6. The summed E-state index contributed by atoms with van der Waals surface area (Å²) in [6, 6.07) is 21.0. The van der Waals surface area contributed by atoms with Gasteiger partial charge in [0.15, 0.2) is 0 Å². The normalized spacial score (nSPS) is 11.0. The Morgan fingerprint density at radius 3 is 1.68 bits per heavy atom. The van der Waals surface area contributed by atoms with Crippen molar-refractivity contribution in [3.8, 4) is 0 Å². The van der Waals surface area contributed by atoms with E-state index in [4.69, 9.17) is 20.6 Å². The smallest absolute Gasteiger partial charge is 0.367 e. The number of hydrogen-bond acceptors (Lipinski definition) is 13.